The summed E-state index contributed by atoms with van der Waals surface area (Å²) in [6.07, 6.45) is 2.37. The number of thioether (sulfide) groups is 1. The van der Waals surface area contributed by atoms with E-state index in [2.05, 4.69) is 10.3 Å². The number of fused-ring (bicyclic) bond motifs is 1. The number of ether oxygens (including phenoxy) is 1. The van der Waals surface area contributed by atoms with Crippen molar-refractivity contribution in [3.63, 3.8) is 0 Å². The zero-order valence-corrected chi connectivity index (χ0v) is 20.7. The second-order valence-electron chi connectivity index (χ2n) is 8.30. The Morgan fingerprint density at radius 2 is 2.18 bits per heavy atom. The van der Waals surface area contributed by atoms with Gasteiger partial charge in [-0.15, -0.1) is 0 Å². The predicted molar refractivity (Wildman–Crippen MR) is 132 cm³/mol. The number of nitrogens with one attached hydrogen (secondary N) is 1. The molecule has 0 bridgehead atoms. The minimum Gasteiger partial charge on any atom is -0.466 e. The Morgan fingerprint density at radius 1 is 1.35 bits per heavy atom. The van der Waals surface area contributed by atoms with Gasteiger partial charge < -0.3 is 19.9 Å². The van der Waals surface area contributed by atoms with Crippen LogP contribution in [0.2, 0.25) is 5.02 Å². The summed E-state index contributed by atoms with van der Waals surface area (Å²) in [4.78, 5) is 45.5. The molecule has 180 valence electrons. The van der Waals surface area contributed by atoms with Crippen molar-refractivity contribution in [1.29, 1.82) is 0 Å². The first-order valence-electron chi connectivity index (χ1n) is 11.2. The molecule has 34 heavy (non-hydrogen) atoms. The summed E-state index contributed by atoms with van der Waals surface area (Å²) in [7, 11) is 1.34. The van der Waals surface area contributed by atoms with E-state index in [0.717, 1.165) is 24.2 Å². The molecule has 1 atom stereocenters. The molecule has 1 saturated heterocycles. The number of likely N-dealkylation sites (tertiary alicyclic amines) is 1. The van der Waals surface area contributed by atoms with Crippen LogP contribution in [0.15, 0.2) is 51.6 Å². The molecule has 0 saturated carbocycles. The van der Waals surface area contributed by atoms with Crippen molar-refractivity contribution in [2.75, 3.05) is 26.7 Å². The summed E-state index contributed by atoms with van der Waals surface area (Å²) in [6.45, 7) is 3.73. The first-order valence-corrected chi connectivity index (χ1v) is 12.5. The summed E-state index contributed by atoms with van der Waals surface area (Å²) in [5.74, 6) is -0.410. The quantitative estimate of drug-likeness (QED) is 0.431. The van der Waals surface area contributed by atoms with Crippen LogP contribution < -0.4 is 5.32 Å². The van der Waals surface area contributed by atoms with Crippen molar-refractivity contribution in [1.82, 2.24) is 15.1 Å². The lowest BCUT2D eigenvalue weighted by Crippen LogP contribution is -2.38. The van der Waals surface area contributed by atoms with Gasteiger partial charge in [0.25, 0.3) is 0 Å². The number of esters is 1. The summed E-state index contributed by atoms with van der Waals surface area (Å²) < 4.78 is 5.06. The first kappa shape index (κ1) is 24.3. The molecule has 3 heterocycles. The molecular formula is C24H27ClN4O4S. The Morgan fingerprint density at radius 3 is 2.88 bits per heavy atom. The molecule has 0 unspecified atom stereocenters. The highest BCUT2D eigenvalue weighted by Crippen LogP contribution is 2.45. The van der Waals surface area contributed by atoms with Gasteiger partial charge >= 0.3 is 5.97 Å². The largest absolute Gasteiger partial charge is 0.466 e. The number of benzene rings is 1. The Kier molecular flexibility index (Phi) is 7.63. The number of carbonyl (C=O) groups excluding carboxylic acids is 3. The zero-order chi connectivity index (χ0) is 24.2. The fraction of sp³-hybridized carbons (Fsp3) is 0.417. The monoisotopic (exact) mass is 502 g/mol. The van der Waals surface area contributed by atoms with Gasteiger partial charge in [-0.3, -0.25) is 9.59 Å². The number of hydrogen-bond acceptors (Lipinski definition) is 7. The maximum Gasteiger partial charge on any atom is 0.338 e. The molecule has 1 fully saturated rings. The predicted octanol–water partition coefficient (Wildman–Crippen LogP) is 3.61. The first-order chi connectivity index (χ1) is 16.4. The fourth-order valence-electron chi connectivity index (χ4n) is 4.40. The van der Waals surface area contributed by atoms with Gasteiger partial charge in [-0.05, 0) is 42.9 Å². The van der Waals surface area contributed by atoms with E-state index in [9.17, 15) is 14.4 Å². The summed E-state index contributed by atoms with van der Waals surface area (Å²) >= 11 is 7.68. The number of amides is 2. The highest BCUT2D eigenvalue weighted by atomic mass is 35.5. The van der Waals surface area contributed by atoms with Gasteiger partial charge in [-0.1, -0.05) is 35.5 Å². The van der Waals surface area contributed by atoms with Crippen molar-refractivity contribution in [3.8, 4) is 0 Å². The zero-order valence-electron chi connectivity index (χ0n) is 19.2. The maximum atomic E-state index is 12.7. The molecular weight excluding hydrogens is 476 g/mol. The number of nitrogens with zero attached hydrogens (tertiary/aromatic N) is 3. The highest BCUT2D eigenvalue weighted by Gasteiger charge is 2.41. The van der Waals surface area contributed by atoms with Crippen molar-refractivity contribution < 1.29 is 19.1 Å². The Bertz CT molecular complexity index is 1100. The third-order valence-electron chi connectivity index (χ3n) is 6.01. The number of hydrogen-bond donors (Lipinski definition) is 1. The topological polar surface area (TPSA) is 91.3 Å². The number of allylic oxidation sites excluding steroid dienone is 1. The molecule has 1 N–H and O–H groups in total. The molecule has 4 rings (SSSR count). The van der Waals surface area contributed by atoms with Gasteiger partial charge in [0, 0.05) is 36.8 Å². The normalized spacial score (nSPS) is 19.7. The molecule has 0 aliphatic carbocycles. The molecule has 0 spiro atoms. The molecule has 3 aliphatic heterocycles. The number of rotatable bonds is 8. The second-order valence-corrected chi connectivity index (χ2v) is 9.58. The van der Waals surface area contributed by atoms with E-state index in [4.69, 9.17) is 16.3 Å². The van der Waals surface area contributed by atoms with E-state index in [1.165, 1.54) is 18.9 Å². The van der Waals surface area contributed by atoms with Gasteiger partial charge in [0.1, 0.15) is 0 Å². The van der Waals surface area contributed by atoms with Crippen molar-refractivity contribution in [2.45, 2.75) is 38.6 Å². The summed E-state index contributed by atoms with van der Waals surface area (Å²) in [5, 5.41) is 6.09. The molecule has 0 aromatic heterocycles. The van der Waals surface area contributed by atoms with Crippen LogP contribution in [-0.2, 0) is 19.1 Å². The van der Waals surface area contributed by atoms with E-state index in [1.807, 2.05) is 33.4 Å². The van der Waals surface area contributed by atoms with Crippen LogP contribution >= 0.6 is 23.4 Å². The molecule has 8 nitrogen and oxygen atoms in total. The fourth-order valence-corrected chi connectivity index (χ4v) is 5.56. The number of carbonyl (C=O) groups is 3. The Hall–Kier alpha value is -2.78. The van der Waals surface area contributed by atoms with Crippen LogP contribution in [-0.4, -0.2) is 59.5 Å². The summed E-state index contributed by atoms with van der Waals surface area (Å²) in [5.41, 5.74) is 2.54. The molecule has 0 radical (unpaired) electrons. The number of aliphatic imine (C=N–C) groups is 1. The van der Waals surface area contributed by atoms with Gasteiger partial charge in [0.2, 0.25) is 11.8 Å². The van der Waals surface area contributed by atoms with E-state index in [1.54, 1.807) is 13.0 Å². The lowest BCUT2D eigenvalue weighted by atomic mass is 9.94. The summed E-state index contributed by atoms with van der Waals surface area (Å²) in [6, 6.07) is 6.81. The second kappa shape index (κ2) is 10.7. The Labute approximate surface area is 208 Å². The molecule has 1 aromatic rings. The third-order valence-corrected chi connectivity index (χ3v) is 7.13. The average molecular weight is 503 g/mol. The van der Waals surface area contributed by atoms with Crippen molar-refractivity contribution in [2.24, 2.45) is 4.99 Å². The minimum absolute atomic E-state index is 0.128. The highest BCUT2D eigenvalue weighted by molar-refractivity contribution is 8.16. The smallest absolute Gasteiger partial charge is 0.338 e. The SMILES string of the molecule is COC(=O)C1=C(C)N=C2SC=C(CC(=O)NCCCN3CCCC3=O)N2[C@H]1c1cccc(Cl)c1. The molecule has 3 aliphatic rings. The van der Waals surface area contributed by atoms with Gasteiger partial charge in [0.15, 0.2) is 5.17 Å². The lowest BCUT2D eigenvalue weighted by molar-refractivity contribution is -0.136. The minimum atomic E-state index is -0.506. The number of methoxy groups -OCH3 is 1. The van der Waals surface area contributed by atoms with Gasteiger partial charge in [-0.25, -0.2) is 9.79 Å². The van der Waals surface area contributed by atoms with Crippen LogP contribution in [0.4, 0.5) is 0 Å². The lowest BCUT2D eigenvalue weighted by Gasteiger charge is -2.36. The maximum absolute atomic E-state index is 12.7. The van der Waals surface area contributed by atoms with Crippen LogP contribution in [0.5, 0.6) is 0 Å². The molecule has 10 heteroatoms. The van der Waals surface area contributed by atoms with Gasteiger partial charge in [0.05, 0.1) is 30.8 Å². The van der Waals surface area contributed by atoms with E-state index in [-0.39, 0.29) is 18.2 Å². The Balaban J connectivity index is 1.47. The number of amidine groups is 1. The third kappa shape index (κ3) is 5.15. The van der Waals surface area contributed by atoms with Gasteiger partial charge in [-0.2, -0.15) is 0 Å². The van der Waals surface area contributed by atoms with Crippen LogP contribution in [0.1, 0.15) is 44.2 Å². The van der Waals surface area contributed by atoms with E-state index < -0.39 is 12.0 Å². The average Bonchev–Trinajstić information content (AvgIpc) is 3.40. The molecule has 1 aromatic carbocycles. The number of halogens is 1. The standard InChI is InChI=1S/C24H27ClN4O4S/c1-15-21(23(32)33-2)22(16-6-3-7-17(25)12-16)29-18(14-34-24(29)27-15)13-19(30)26-9-5-11-28-10-4-8-20(28)31/h3,6-7,12,14,22H,4-5,8-11,13H2,1-2H3,(H,26,30)/t22-/m0/s1. The van der Waals surface area contributed by atoms with Crippen molar-refractivity contribution >= 4 is 46.3 Å². The van der Waals surface area contributed by atoms with Crippen molar-refractivity contribution in [3.05, 3.63) is 57.2 Å². The van der Waals surface area contributed by atoms with Crippen LogP contribution in [0.3, 0.4) is 0 Å². The van der Waals surface area contributed by atoms with E-state index >= 15 is 0 Å². The van der Waals surface area contributed by atoms with Crippen LogP contribution in [0.25, 0.3) is 0 Å². The van der Waals surface area contributed by atoms with Crippen LogP contribution in [0, 0.1) is 0 Å². The molecule has 2 amide bonds. The van der Waals surface area contributed by atoms with E-state index in [0.29, 0.717) is 47.4 Å².